The lowest BCUT2D eigenvalue weighted by atomic mass is 9.99. The Morgan fingerprint density at radius 2 is 2.05 bits per heavy atom. The van der Waals surface area contributed by atoms with Crippen molar-refractivity contribution < 1.29 is 9.90 Å². The molecule has 1 heterocycles. The first-order valence-electron chi connectivity index (χ1n) is 7.19. The number of fused-ring (bicyclic) bond motifs is 1. The first-order chi connectivity index (χ1) is 9.52. The van der Waals surface area contributed by atoms with Crippen LogP contribution < -0.4 is 0 Å². The molecule has 0 aliphatic rings. The zero-order valence-corrected chi connectivity index (χ0v) is 12.3. The second kappa shape index (κ2) is 6.04. The summed E-state index contributed by atoms with van der Waals surface area (Å²) in [6.45, 7) is 6.20. The van der Waals surface area contributed by atoms with Crippen LogP contribution in [0.1, 0.15) is 61.1 Å². The van der Waals surface area contributed by atoms with Crippen LogP contribution in [0.5, 0.6) is 0 Å². The molecule has 0 amide bonds. The van der Waals surface area contributed by atoms with Crippen molar-refractivity contribution in [2.45, 2.75) is 46.0 Å². The molecule has 1 aromatic heterocycles. The van der Waals surface area contributed by atoms with Gasteiger partial charge < -0.3 is 5.11 Å². The molecule has 0 fully saturated rings. The molecule has 2 aromatic rings. The monoisotopic (exact) mass is 271 g/mol. The standard InChI is InChI=1S/C17H21NO2/c1-4-5-6-12-7-8-15-13(9-12)14(17(19)20)10-16(18-15)11(2)3/h7-11H,4-6H2,1-3H3,(H,19,20). The minimum absolute atomic E-state index is 0.220. The maximum absolute atomic E-state index is 11.5. The lowest BCUT2D eigenvalue weighted by Gasteiger charge is -2.10. The summed E-state index contributed by atoms with van der Waals surface area (Å²) in [5, 5.41) is 10.2. The van der Waals surface area contributed by atoms with Crippen LogP contribution in [0.3, 0.4) is 0 Å². The van der Waals surface area contributed by atoms with Gasteiger partial charge in [0.25, 0.3) is 0 Å². The molecule has 0 saturated heterocycles. The molecule has 106 valence electrons. The van der Waals surface area contributed by atoms with E-state index in [1.165, 1.54) is 5.56 Å². The van der Waals surface area contributed by atoms with E-state index >= 15 is 0 Å². The third-order valence-electron chi connectivity index (χ3n) is 3.53. The Balaban J connectivity index is 2.58. The van der Waals surface area contributed by atoms with Crippen molar-refractivity contribution in [1.82, 2.24) is 4.98 Å². The Kier molecular flexibility index (Phi) is 4.38. The van der Waals surface area contributed by atoms with Crippen LogP contribution in [0.4, 0.5) is 0 Å². The highest BCUT2D eigenvalue weighted by molar-refractivity contribution is 6.02. The quantitative estimate of drug-likeness (QED) is 0.876. The van der Waals surface area contributed by atoms with Gasteiger partial charge in [-0.25, -0.2) is 4.79 Å². The molecule has 0 aliphatic carbocycles. The van der Waals surface area contributed by atoms with Crippen molar-refractivity contribution in [2.24, 2.45) is 0 Å². The van der Waals surface area contributed by atoms with E-state index in [2.05, 4.69) is 18.0 Å². The SMILES string of the molecule is CCCCc1ccc2nc(C(C)C)cc(C(=O)O)c2c1. The van der Waals surface area contributed by atoms with E-state index in [0.717, 1.165) is 35.9 Å². The largest absolute Gasteiger partial charge is 0.478 e. The van der Waals surface area contributed by atoms with Crippen molar-refractivity contribution in [3.63, 3.8) is 0 Å². The summed E-state index contributed by atoms with van der Waals surface area (Å²) < 4.78 is 0. The number of aryl methyl sites for hydroxylation is 1. The first kappa shape index (κ1) is 14.5. The molecule has 0 aliphatic heterocycles. The van der Waals surface area contributed by atoms with Gasteiger partial charge in [0.2, 0.25) is 0 Å². The van der Waals surface area contributed by atoms with Gasteiger partial charge in [-0.3, -0.25) is 4.98 Å². The van der Waals surface area contributed by atoms with Crippen LogP contribution in [0.15, 0.2) is 24.3 Å². The number of unbranched alkanes of at least 4 members (excludes halogenated alkanes) is 1. The summed E-state index contributed by atoms with van der Waals surface area (Å²) in [6.07, 6.45) is 3.23. The molecule has 0 unspecified atom stereocenters. The highest BCUT2D eigenvalue weighted by Gasteiger charge is 2.14. The van der Waals surface area contributed by atoms with Crippen molar-refractivity contribution in [2.75, 3.05) is 0 Å². The summed E-state index contributed by atoms with van der Waals surface area (Å²) in [7, 11) is 0. The van der Waals surface area contributed by atoms with Crippen molar-refractivity contribution >= 4 is 16.9 Å². The Bertz CT molecular complexity index is 632. The third kappa shape index (κ3) is 2.98. The Morgan fingerprint density at radius 3 is 2.65 bits per heavy atom. The molecule has 1 N–H and O–H groups in total. The van der Waals surface area contributed by atoms with Crippen LogP contribution in [0, 0.1) is 0 Å². The van der Waals surface area contributed by atoms with Gasteiger partial charge in [0.05, 0.1) is 11.1 Å². The molecule has 0 atom stereocenters. The second-order valence-corrected chi connectivity index (χ2v) is 5.51. The number of hydrogen-bond donors (Lipinski definition) is 1. The molecule has 3 heteroatoms. The zero-order valence-electron chi connectivity index (χ0n) is 12.3. The van der Waals surface area contributed by atoms with Crippen LogP contribution in [0.25, 0.3) is 10.9 Å². The van der Waals surface area contributed by atoms with E-state index in [1.807, 2.05) is 26.0 Å². The van der Waals surface area contributed by atoms with Gasteiger partial charge >= 0.3 is 5.97 Å². The number of rotatable bonds is 5. The molecule has 0 bridgehead atoms. The van der Waals surface area contributed by atoms with Gasteiger partial charge in [0.1, 0.15) is 0 Å². The predicted octanol–water partition coefficient (Wildman–Crippen LogP) is 4.40. The number of nitrogens with zero attached hydrogens (tertiary/aromatic N) is 1. The van der Waals surface area contributed by atoms with Gasteiger partial charge in [0.15, 0.2) is 0 Å². The van der Waals surface area contributed by atoms with Crippen LogP contribution in [-0.2, 0) is 6.42 Å². The summed E-state index contributed by atoms with van der Waals surface area (Å²) >= 11 is 0. The number of carboxylic acid groups (broad SMARTS) is 1. The molecule has 2 rings (SSSR count). The molecular weight excluding hydrogens is 250 g/mol. The summed E-state index contributed by atoms with van der Waals surface area (Å²) in [4.78, 5) is 16.1. The third-order valence-corrected chi connectivity index (χ3v) is 3.53. The molecule has 1 aromatic carbocycles. The lowest BCUT2D eigenvalue weighted by Crippen LogP contribution is -2.03. The molecule has 0 spiro atoms. The maximum Gasteiger partial charge on any atom is 0.336 e. The number of aromatic carboxylic acids is 1. The van der Waals surface area contributed by atoms with Crippen molar-refractivity contribution in [1.29, 1.82) is 0 Å². The average molecular weight is 271 g/mol. The molecule has 3 nitrogen and oxygen atoms in total. The van der Waals surface area contributed by atoms with Gasteiger partial charge in [-0.1, -0.05) is 33.3 Å². The van der Waals surface area contributed by atoms with Crippen molar-refractivity contribution in [3.05, 3.63) is 41.1 Å². The smallest absolute Gasteiger partial charge is 0.336 e. The van der Waals surface area contributed by atoms with Gasteiger partial charge in [-0.05, 0) is 42.5 Å². The Labute approximate surface area is 119 Å². The average Bonchev–Trinajstić information content (AvgIpc) is 2.43. The Morgan fingerprint density at radius 1 is 1.30 bits per heavy atom. The van der Waals surface area contributed by atoms with E-state index < -0.39 is 5.97 Å². The van der Waals surface area contributed by atoms with Gasteiger partial charge in [-0.2, -0.15) is 0 Å². The van der Waals surface area contributed by atoms with Gasteiger partial charge in [0, 0.05) is 11.1 Å². The fourth-order valence-electron chi connectivity index (χ4n) is 2.30. The van der Waals surface area contributed by atoms with E-state index in [1.54, 1.807) is 6.07 Å². The van der Waals surface area contributed by atoms with Crippen LogP contribution in [-0.4, -0.2) is 16.1 Å². The van der Waals surface area contributed by atoms with Crippen molar-refractivity contribution in [3.8, 4) is 0 Å². The van der Waals surface area contributed by atoms with E-state index in [-0.39, 0.29) is 5.92 Å². The molecule has 0 radical (unpaired) electrons. The van der Waals surface area contributed by atoms with Crippen LogP contribution >= 0.6 is 0 Å². The number of benzene rings is 1. The number of carbonyl (C=O) groups is 1. The van der Waals surface area contributed by atoms with Gasteiger partial charge in [-0.15, -0.1) is 0 Å². The van der Waals surface area contributed by atoms with Crippen LogP contribution in [0.2, 0.25) is 0 Å². The molecule has 20 heavy (non-hydrogen) atoms. The first-order valence-corrected chi connectivity index (χ1v) is 7.19. The second-order valence-electron chi connectivity index (χ2n) is 5.51. The lowest BCUT2D eigenvalue weighted by molar-refractivity contribution is 0.0699. The minimum Gasteiger partial charge on any atom is -0.478 e. The zero-order chi connectivity index (χ0) is 14.7. The number of aromatic nitrogens is 1. The summed E-state index contributed by atoms with van der Waals surface area (Å²) in [5.74, 6) is -0.663. The predicted molar refractivity (Wildman–Crippen MR) is 81.4 cm³/mol. The summed E-state index contributed by atoms with van der Waals surface area (Å²) in [6, 6.07) is 7.68. The molecule has 0 saturated carbocycles. The molecular formula is C17H21NO2. The normalized spacial score (nSPS) is 11.2. The highest BCUT2D eigenvalue weighted by Crippen LogP contribution is 2.24. The minimum atomic E-state index is -0.882. The van der Waals surface area contributed by atoms with E-state index in [4.69, 9.17) is 0 Å². The maximum atomic E-state index is 11.5. The number of pyridine rings is 1. The fourth-order valence-corrected chi connectivity index (χ4v) is 2.30. The Hall–Kier alpha value is -1.90. The highest BCUT2D eigenvalue weighted by atomic mass is 16.4. The van der Waals surface area contributed by atoms with E-state index in [0.29, 0.717) is 5.56 Å². The number of carboxylic acids is 1. The topological polar surface area (TPSA) is 50.2 Å². The summed E-state index contributed by atoms with van der Waals surface area (Å²) in [5.41, 5.74) is 3.14. The fraction of sp³-hybridized carbons (Fsp3) is 0.412. The van der Waals surface area contributed by atoms with E-state index in [9.17, 15) is 9.90 Å². The number of hydrogen-bond acceptors (Lipinski definition) is 2.